The molecule has 96 valence electrons. The van der Waals surface area contributed by atoms with Crippen molar-refractivity contribution in [2.75, 3.05) is 0 Å². The van der Waals surface area contributed by atoms with Crippen molar-refractivity contribution >= 4 is 5.91 Å². The monoisotopic (exact) mass is 248 g/mol. The SMILES string of the molecule is [N-]=[N+]=NCc1ccc(C(=O)NC2CCCCC2)o1. The number of carbonyl (C=O) groups is 1. The van der Waals surface area contributed by atoms with Gasteiger partial charge < -0.3 is 9.73 Å². The Labute approximate surface area is 105 Å². The van der Waals surface area contributed by atoms with Crippen LogP contribution in [0.3, 0.4) is 0 Å². The number of hydrogen-bond donors (Lipinski definition) is 1. The zero-order valence-electron chi connectivity index (χ0n) is 10.1. The Balaban J connectivity index is 1.91. The van der Waals surface area contributed by atoms with Crippen molar-refractivity contribution in [1.82, 2.24) is 5.32 Å². The van der Waals surface area contributed by atoms with E-state index in [0.717, 1.165) is 12.8 Å². The molecular formula is C12H16N4O2. The first-order valence-electron chi connectivity index (χ1n) is 6.20. The molecule has 1 aliphatic carbocycles. The first-order chi connectivity index (χ1) is 8.79. The molecule has 0 radical (unpaired) electrons. The fourth-order valence-corrected chi connectivity index (χ4v) is 2.19. The van der Waals surface area contributed by atoms with E-state index in [-0.39, 0.29) is 24.3 Å². The molecule has 0 spiro atoms. The van der Waals surface area contributed by atoms with Crippen LogP contribution in [-0.4, -0.2) is 11.9 Å². The van der Waals surface area contributed by atoms with E-state index in [4.69, 9.17) is 9.95 Å². The number of nitrogens with zero attached hydrogens (tertiary/aromatic N) is 3. The highest BCUT2D eigenvalue weighted by Gasteiger charge is 2.18. The fourth-order valence-electron chi connectivity index (χ4n) is 2.19. The predicted octanol–water partition coefficient (Wildman–Crippen LogP) is 3.15. The summed E-state index contributed by atoms with van der Waals surface area (Å²) < 4.78 is 5.31. The molecule has 0 atom stereocenters. The van der Waals surface area contributed by atoms with Crippen LogP contribution in [0.4, 0.5) is 0 Å². The summed E-state index contributed by atoms with van der Waals surface area (Å²) in [5, 5.41) is 6.35. The largest absolute Gasteiger partial charge is 0.456 e. The van der Waals surface area contributed by atoms with Crippen LogP contribution in [0.25, 0.3) is 10.4 Å². The molecule has 1 heterocycles. The molecule has 0 aromatic carbocycles. The van der Waals surface area contributed by atoms with E-state index in [0.29, 0.717) is 5.76 Å². The van der Waals surface area contributed by atoms with Gasteiger partial charge in [-0.2, -0.15) is 0 Å². The number of rotatable bonds is 4. The Morgan fingerprint density at radius 1 is 1.44 bits per heavy atom. The molecule has 18 heavy (non-hydrogen) atoms. The van der Waals surface area contributed by atoms with Crippen molar-refractivity contribution in [1.29, 1.82) is 0 Å². The average molecular weight is 248 g/mol. The van der Waals surface area contributed by atoms with Crippen molar-refractivity contribution in [2.24, 2.45) is 5.11 Å². The van der Waals surface area contributed by atoms with Gasteiger partial charge in [0.05, 0.1) is 6.54 Å². The smallest absolute Gasteiger partial charge is 0.287 e. The van der Waals surface area contributed by atoms with Gasteiger partial charge in [0, 0.05) is 11.0 Å². The summed E-state index contributed by atoms with van der Waals surface area (Å²) in [6, 6.07) is 3.53. The number of nitrogens with one attached hydrogen (secondary N) is 1. The van der Waals surface area contributed by atoms with E-state index in [1.165, 1.54) is 19.3 Å². The second kappa shape index (κ2) is 6.12. The summed E-state index contributed by atoms with van der Waals surface area (Å²) in [5.41, 5.74) is 8.20. The molecular weight excluding hydrogens is 232 g/mol. The summed E-state index contributed by atoms with van der Waals surface area (Å²) in [6.45, 7) is 0.132. The second-order valence-electron chi connectivity index (χ2n) is 4.46. The molecule has 1 aromatic heterocycles. The van der Waals surface area contributed by atoms with Crippen molar-refractivity contribution in [3.05, 3.63) is 34.1 Å². The third-order valence-corrected chi connectivity index (χ3v) is 3.12. The standard InChI is InChI=1S/C12H16N4O2/c13-16-14-8-10-6-7-11(18-10)12(17)15-9-4-2-1-3-5-9/h6-7,9H,1-5,8H2,(H,15,17). The van der Waals surface area contributed by atoms with E-state index < -0.39 is 0 Å². The summed E-state index contributed by atoms with van der Waals surface area (Å²) >= 11 is 0. The minimum atomic E-state index is -0.186. The maximum absolute atomic E-state index is 11.9. The highest BCUT2D eigenvalue weighted by molar-refractivity contribution is 5.91. The molecule has 1 fully saturated rings. The lowest BCUT2D eigenvalue weighted by Gasteiger charge is -2.22. The Bertz CT molecular complexity index is 456. The normalized spacial score (nSPS) is 16.0. The predicted molar refractivity (Wildman–Crippen MR) is 65.9 cm³/mol. The Hall–Kier alpha value is -1.94. The number of azide groups is 1. The zero-order valence-corrected chi connectivity index (χ0v) is 10.1. The van der Waals surface area contributed by atoms with Crippen molar-refractivity contribution < 1.29 is 9.21 Å². The van der Waals surface area contributed by atoms with Gasteiger partial charge >= 0.3 is 0 Å². The van der Waals surface area contributed by atoms with Gasteiger partial charge in [0.15, 0.2) is 5.76 Å². The lowest BCUT2D eigenvalue weighted by atomic mass is 9.95. The third kappa shape index (κ3) is 3.28. The van der Waals surface area contributed by atoms with Crippen LogP contribution in [0.2, 0.25) is 0 Å². The quantitative estimate of drug-likeness (QED) is 0.503. The third-order valence-electron chi connectivity index (χ3n) is 3.12. The number of carbonyl (C=O) groups excluding carboxylic acids is 1. The molecule has 0 saturated heterocycles. The van der Waals surface area contributed by atoms with Crippen LogP contribution in [0.5, 0.6) is 0 Å². The molecule has 6 heteroatoms. The summed E-state index contributed by atoms with van der Waals surface area (Å²) in [6.07, 6.45) is 5.68. The van der Waals surface area contributed by atoms with Gasteiger partial charge in [-0.1, -0.05) is 24.4 Å². The van der Waals surface area contributed by atoms with Gasteiger partial charge in [-0.25, -0.2) is 0 Å². The van der Waals surface area contributed by atoms with Crippen LogP contribution in [0.1, 0.15) is 48.4 Å². The molecule has 1 saturated carbocycles. The Kier molecular flexibility index (Phi) is 4.25. The van der Waals surface area contributed by atoms with E-state index in [2.05, 4.69) is 15.3 Å². The van der Waals surface area contributed by atoms with Crippen LogP contribution >= 0.6 is 0 Å². The van der Waals surface area contributed by atoms with E-state index >= 15 is 0 Å². The molecule has 0 aliphatic heterocycles. The number of amides is 1. The second-order valence-corrected chi connectivity index (χ2v) is 4.46. The highest BCUT2D eigenvalue weighted by Crippen LogP contribution is 2.18. The maximum Gasteiger partial charge on any atom is 0.287 e. The molecule has 0 unspecified atom stereocenters. The van der Waals surface area contributed by atoms with Gasteiger partial charge in [0.25, 0.3) is 5.91 Å². The van der Waals surface area contributed by atoms with Gasteiger partial charge in [-0.3, -0.25) is 4.79 Å². The van der Waals surface area contributed by atoms with E-state index in [9.17, 15) is 4.79 Å². The fraction of sp³-hybridized carbons (Fsp3) is 0.583. The van der Waals surface area contributed by atoms with Gasteiger partial charge in [-0.15, -0.1) is 0 Å². The van der Waals surface area contributed by atoms with E-state index in [1.807, 2.05) is 0 Å². The molecule has 2 rings (SSSR count). The zero-order chi connectivity index (χ0) is 12.8. The number of furan rings is 1. The number of hydrogen-bond acceptors (Lipinski definition) is 3. The van der Waals surface area contributed by atoms with Gasteiger partial charge in [0.2, 0.25) is 0 Å². The topological polar surface area (TPSA) is 91.0 Å². The summed E-state index contributed by atoms with van der Waals surface area (Å²) in [4.78, 5) is 14.5. The minimum Gasteiger partial charge on any atom is -0.456 e. The van der Waals surface area contributed by atoms with Crippen LogP contribution in [-0.2, 0) is 6.54 Å². The molecule has 0 bridgehead atoms. The Morgan fingerprint density at radius 2 is 2.22 bits per heavy atom. The van der Waals surface area contributed by atoms with Crippen LogP contribution in [0, 0.1) is 0 Å². The van der Waals surface area contributed by atoms with Crippen LogP contribution < -0.4 is 5.32 Å². The lowest BCUT2D eigenvalue weighted by molar-refractivity contribution is 0.0898. The Morgan fingerprint density at radius 3 is 2.94 bits per heavy atom. The van der Waals surface area contributed by atoms with Crippen molar-refractivity contribution in [3.63, 3.8) is 0 Å². The molecule has 1 aliphatic rings. The first-order valence-corrected chi connectivity index (χ1v) is 6.20. The average Bonchev–Trinajstić information content (AvgIpc) is 2.86. The van der Waals surface area contributed by atoms with Gasteiger partial charge in [-0.05, 0) is 30.5 Å². The van der Waals surface area contributed by atoms with Gasteiger partial charge in [0.1, 0.15) is 5.76 Å². The first kappa shape index (κ1) is 12.5. The minimum absolute atomic E-state index is 0.132. The molecule has 6 nitrogen and oxygen atoms in total. The maximum atomic E-state index is 11.9. The highest BCUT2D eigenvalue weighted by atomic mass is 16.4. The van der Waals surface area contributed by atoms with Crippen LogP contribution in [0.15, 0.2) is 21.7 Å². The lowest BCUT2D eigenvalue weighted by Crippen LogP contribution is -2.35. The van der Waals surface area contributed by atoms with Crippen molar-refractivity contribution in [2.45, 2.75) is 44.7 Å². The molecule has 1 aromatic rings. The molecule has 1 N–H and O–H groups in total. The van der Waals surface area contributed by atoms with Crippen molar-refractivity contribution in [3.8, 4) is 0 Å². The summed E-state index contributed by atoms with van der Waals surface area (Å²) in [7, 11) is 0. The summed E-state index contributed by atoms with van der Waals surface area (Å²) in [5.74, 6) is 0.597. The molecule has 1 amide bonds. The van der Waals surface area contributed by atoms with E-state index in [1.54, 1.807) is 12.1 Å².